The Morgan fingerprint density at radius 3 is 2.35 bits per heavy atom. The Labute approximate surface area is 213 Å². The van der Waals surface area contributed by atoms with Crippen molar-refractivity contribution in [2.45, 2.75) is 19.0 Å². The fraction of sp³-hybridized carbons (Fsp3) is 0.172. The topological polar surface area (TPSA) is 84.3 Å². The van der Waals surface area contributed by atoms with Crippen LogP contribution in [0.5, 0.6) is 0 Å². The van der Waals surface area contributed by atoms with E-state index in [1.807, 2.05) is 54.6 Å². The van der Waals surface area contributed by atoms with Crippen LogP contribution in [0.4, 0.5) is 4.39 Å². The number of halogens is 1. The Morgan fingerprint density at radius 2 is 1.59 bits per heavy atom. The molecule has 1 unspecified atom stereocenters. The van der Waals surface area contributed by atoms with Gasteiger partial charge >= 0.3 is 0 Å². The number of carbonyl (C=O) groups is 2. The van der Waals surface area contributed by atoms with Gasteiger partial charge in [0.2, 0.25) is 5.91 Å². The highest BCUT2D eigenvalue weighted by Gasteiger charge is 2.29. The first-order chi connectivity index (χ1) is 18.0. The summed E-state index contributed by atoms with van der Waals surface area (Å²) < 4.78 is 15.2. The summed E-state index contributed by atoms with van der Waals surface area (Å²) in [5.74, 6) is -1.05. The van der Waals surface area contributed by atoms with E-state index < -0.39 is 17.3 Å². The molecule has 0 spiro atoms. The molecule has 1 aromatic heterocycles. The molecule has 2 amide bonds. The van der Waals surface area contributed by atoms with Crippen LogP contribution in [-0.2, 0) is 17.9 Å². The zero-order valence-electron chi connectivity index (χ0n) is 20.0. The molecule has 2 heterocycles. The van der Waals surface area contributed by atoms with Gasteiger partial charge in [0.05, 0.1) is 5.69 Å². The molecular weight excluding hydrogens is 471 g/mol. The molecule has 0 aliphatic carbocycles. The van der Waals surface area contributed by atoms with Crippen LogP contribution in [0.2, 0.25) is 0 Å². The van der Waals surface area contributed by atoms with Crippen LogP contribution in [0, 0.1) is 5.82 Å². The number of hydrogen-bond acceptors (Lipinski definition) is 4. The van der Waals surface area contributed by atoms with Gasteiger partial charge in [-0.2, -0.15) is 5.10 Å². The predicted octanol–water partition coefficient (Wildman–Crippen LogP) is 3.61. The van der Waals surface area contributed by atoms with Gasteiger partial charge in [-0.3, -0.25) is 14.4 Å². The summed E-state index contributed by atoms with van der Waals surface area (Å²) in [5.41, 5.74) is 2.73. The molecule has 0 saturated carbocycles. The standard InChI is InChI=1S/C29H25FN4O3/c30-25-13-7-6-12-24(25)26-14-15-28(36)34(32-26)19-27(35)31-16-22(20-8-2-1-3-9-20)18-33-17-21-10-4-5-11-23(21)29(33)37/h1-15,22H,16-19H2,(H,31,35). The third-order valence-corrected chi connectivity index (χ3v) is 6.46. The van der Waals surface area contributed by atoms with Crippen molar-refractivity contribution in [3.63, 3.8) is 0 Å². The second-order valence-corrected chi connectivity index (χ2v) is 8.95. The van der Waals surface area contributed by atoms with Gasteiger partial charge in [-0.15, -0.1) is 0 Å². The number of carbonyl (C=O) groups excluding carboxylic acids is 2. The van der Waals surface area contributed by atoms with Crippen molar-refractivity contribution in [1.82, 2.24) is 20.0 Å². The number of amides is 2. The number of rotatable bonds is 8. The van der Waals surface area contributed by atoms with Gasteiger partial charge in [0.1, 0.15) is 12.4 Å². The lowest BCUT2D eigenvalue weighted by Gasteiger charge is -2.24. The summed E-state index contributed by atoms with van der Waals surface area (Å²) >= 11 is 0. The maximum Gasteiger partial charge on any atom is 0.267 e. The Morgan fingerprint density at radius 1 is 0.892 bits per heavy atom. The van der Waals surface area contributed by atoms with Crippen molar-refractivity contribution >= 4 is 11.8 Å². The number of nitrogens with zero attached hydrogens (tertiary/aromatic N) is 3. The lowest BCUT2D eigenvalue weighted by molar-refractivity contribution is -0.122. The normalized spacial score (nSPS) is 13.3. The molecule has 7 nitrogen and oxygen atoms in total. The third kappa shape index (κ3) is 5.33. The van der Waals surface area contributed by atoms with E-state index in [-0.39, 0.29) is 36.2 Å². The van der Waals surface area contributed by atoms with E-state index in [0.717, 1.165) is 15.8 Å². The minimum absolute atomic E-state index is 0.0245. The Hall–Kier alpha value is -4.59. The van der Waals surface area contributed by atoms with Gasteiger partial charge in [0, 0.05) is 42.7 Å². The summed E-state index contributed by atoms with van der Waals surface area (Å²) in [4.78, 5) is 39.9. The maximum absolute atomic E-state index is 14.2. The molecule has 0 saturated heterocycles. The van der Waals surface area contributed by atoms with E-state index in [1.54, 1.807) is 23.1 Å². The Balaban J connectivity index is 1.29. The van der Waals surface area contributed by atoms with Crippen LogP contribution in [0.3, 0.4) is 0 Å². The van der Waals surface area contributed by atoms with Crippen molar-refractivity contribution in [3.05, 3.63) is 124 Å². The summed E-state index contributed by atoms with van der Waals surface area (Å²) in [5, 5.41) is 7.08. The first-order valence-corrected chi connectivity index (χ1v) is 12.0. The first-order valence-electron chi connectivity index (χ1n) is 12.0. The van der Waals surface area contributed by atoms with Crippen molar-refractivity contribution in [2.24, 2.45) is 0 Å². The second-order valence-electron chi connectivity index (χ2n) is 8.95. The van der Waals surface area contributed by atoms with Gasteiger partial charge in [-0.1, -0.05) is 60.7 Å². The van der Waals surface area contributed by atoms with Gasteiger partial charge in [0.25, 0.3) is 11.5 Å². The maximum atomic E-state index is 14.2. The monoisotopic (exact) mass is 496 g/mol. The van der Waals surface area contributed by atoms with Gasteiger partial charge in [-0.25, -0.2) is 9.07 Å². The molecule has 8 heteroatoms. The van der Waals surface area contributed by atoms with Crippen molar-refractivity contribution < 1.29 is 14.0 Å². The molecule has 186 valence electrons. The average Bonchev–Trinajstić information content (AvgIpc) is 3.23. The molecule has 1 aliphatic rings. The first kappa shape index (κ1) is 24.1. The number of hydrogen-bond donors (Lipinski definition) is 1. The molecule has 0 fully saturated rings. The summed E-state index contributed by atoms with van der Waals surface area (Å²) in [6, 6.07) is 26.1. The quantitative estimate of drug-likeness (QED) is 0.404. The van der Waals surface area contributed by atoms with Crippen molar-refractivity contribution in [2.75, 3.05) is 13.1 Å². The lowest BCUT2D eigenvalue weighted by Crippen LogP contribution is -2.38. The van der Waals surface area contributed by atoms with Gasteiger partial charge < -0.3 is 10.2 Å². The van der Waals surface area contributed by atoms with E-state index >= 15 is 0 Å². The minimum atomic E-state index is -0.464. The third-order valence-electron chi connectivity index (χ3n) is 6.46. The van der Waals surface area contributed by atoms with Gasteiger partial charge in [-0.05, 0) is 35.4 Å². The number of aromatic nitrogens is 2. The highest BCUT2D eigenvalue weighted by molar-refractivity contribution is 5.98. The minimum Gasteiger partial charge on any atom is -0.354 e. The van der Waals surface area contributed by atoms with Crippen LogP contribution in [0.15, 0.2) is 95.8 Å². The molecule has 0 bridgehead atoms. The van der Waals surface area contributed by atoms with E-state index in [1.165, 1.54) is 18.2 Å². The SMILES string of the molecule is O=C(Cn1nc(-c2ccccc2F)ccc1=O)NCC(CN1Cc2ccccc2C1=O)c1ccccc1. The predicted molar refractivity (Wildman–Crippen MR) is 137 cm³/mol. The van der Waals surface area contributed by atoms with Crippen LogP contribution in [0.25, 0.3) is 11.3 Å². The number of nitrogens with one attached hydrogen (secondary N) is 1. The summed E-state index contributed by atoms with van der Waals surface area (Å²) in [6.45, 7) is 0.911. The number of fused-ring (bicyclic) bond motifs is 1. The molecule has 0 radical (unpaired) electrons. The molecular formula is C29H25FN4O3. The zero-order valence-corrected chi connectivity index (χ0v) is 20.0. The highest BCUT2D eigenvalue weighted by Crippen LogP contribution is 2.26. The lowest BCUT2D eigenvalue weighted by atomic mass is 9.98. The molecule has 4 aromatic rings. The van der Waals surface area contributed by atoms with E-state index in [4.69, 9.17) is 0 Å². The van der Waals surface area contributed by atoms with Crippen molar-refractivity contribution in [3.8, 4) is 11.3 Å². The smallest absolute Gasteiger partial charge is 0.267 e. The molecule has 5 rings (SSSR count). The van der Waals surface area contributed by atoms with Crippen LogP contribution in [0.1, 0.15) is 27.4 Å². The second kappa shape index (κ2) is 10.6. The fourth-order valence-electron chi connectivity index (χ4n) is 4.54. The Kier molecular flexibility index (Phi) is 6.89. The molecule has 37 heavy (non-hydrogen) atoms. The van der Waals surface area contributed by atoms with E-state index in [9.17, 15) is 18.8 Å². The van der Waals surface area contributed by atoms with Crippen LogP contribution in [-0.4, -0.2) is 39.6 Å². The van der Waals surface area contributed by atoms with Crippen molar-refractivity contribution in [1.29, 1.82) is 0 Å². The van der Waals surface area contributed by atoms with Crippen LogP contribution < -0.4 is 10.9 Å². The molecule has 1 N–H and O–H groups in total. The largest absolute Gasteiger partial charge is 0.354 e. The molecule has 1 aliphatic heterocycles. The summed E-state index contributed by atoms with van der Waals surface area (Å²) in [6.07, 6.45) is 0. The van der Waals surface area contributed by atoms with Crippen LogP contribution >= 0.6 is 0 Å². The fourth-order valence-corrected chi connectivity index (χ4v) is 4.54. The average molecular weight is 497 g/mol. The number of benzene rings is 3. The van der Waals surface area contributed by atoms with Gasteiger partial charge in [0.15, 0.2) is 0 Å². The Bertz CT molecular complexity index is 1500. The molecule has 3 aromatic carbocycles. The summed E-state index contributed by atoms with van der Waals surface area (Å²) in [7, 11) is 0. The zero-order chi connectivity index (χ0) is 25.8. The van der Waals surface area contributed by atoms with E-state index in [0.29, 0.717) is 18.7 Å². The highest BCUT2D eigenvalue weighted by atomic mass is 19.1. The molecule has 1 atom stereocenters. The van der Waals surface area contributed by atoms with E-state index in [2.05, 4.69) is 10.4 Å².